The molecule has 0 heterocycles. The Morgan fingerprint density at radius 3 is 2.04 bits per heavy atom. The number of hydrogen-bond donors (Lipinski definition) is 3. The SMILES string of the molecule is CCC(=S)NN=C(C(=NNC(=S)NC)c1ccc(C=O)cc1)c1ccccc1. The molecule has 0 aliphatic heterocycles. The summed E-state index contributed by atoms with van der Waals surface area (Å²) in [5.41, 5.74) is 9.05. The minimum Gasteiger partial charge on any atom is -0.364 e. The first-order valence-electron chi connectivity index (χ1n) is 8.62. The minimum absolute atomic E-state index is 0.367. The van der Waals surface area contributed by atoms with Crippen LogP contribution < -0.4 is 16.2 Å². The molecule has 0 aliphatic rings. The van der Waals surface area contributed by atoms with Gasteiger partial charge in [0.25, 0.3) is 0 Å². The van der Waals surface area contributed by atoms with E-state index in [0.29, 0.717) is 33.5 Å². The first-order valence-corrected chi connectivity index (χ1v) is 9.44. The van der Waals surface area contributed by atoms with Crippen LogP contribution in [0.2, 0.25) is 0 Å². The molecule has 0 bridgehead atoms. The summed E-state index contributed by atoms with van der Waals surface area (Å²) in [6.45, 7) is 1.95. The van der Waals surface area contributed by atoms with Gasteiger partial charge in [0.1, 0.15) is 17.7 Å². The predicted octanol–water partition coefficient (Wildman–Crippen LogP) is 3.03. The molecule has 0 aliphatic carbocycles. The molecule has 8 heteroatoms. The van der Waals surface area contributed by atoms with E-state index in [-0.39, 0.29) is 0 Å². The van der Waals surface area contributed by atoms with Crippen LogP contribution >= 0.6 is 24.4 Å². The number of hydrazone groups is 2. The Kier molecular flexibility index (Phi) is 8.38. The van der Waals surface area contributed by atoms with E-state index in [2.05, 4.69) is 26.4 Å². The molecule has 0 radical (unpaired) electrons. The van der Waals surface area contributed by atoms with Crippen molar-refractivity contribution in [2.45, 2.75) is 13.3 Å². The van der Waals surface area contributed by atoms with E-state index < -0.39 is 0 Å². The molecular formula is C20H21N5OS2. The molecule has 0 fully saturated rings. The van der Waals surface area contributed by atoms with E-state index in [1.807, 2.05) is 49.4 Å². The standard InChI is InChI=1S/C20H21N5OS2/c1-3-17(27)22-23-18(15-7-5-4-6-8-15)19(24-25-20(28)21-2)16-11-9-14(13-26)10-12-16/h4-13H,3H2,1-2H3,(H,22,27)(H2,21,25,28). The summed E-state index contributed by atoms with van der Waals surface area (Å²) in [6.07, 6.45) is 1.46. The third-order valence-corrected chi connectivity index (χ3v) is 4.38. The number of carbonyl (C=O) groups excluding carboxylic acids is 1. The van der Waals surface area contributed by atoms with Gasteiger partial charge in [0.2, 0.25) is 0 Å². The molecule has 2 aromatic carbocycles. The van der Waals surface area contributed by atoms with Crippen LogP contribution in [-0.2, 0) is 0 Å². The zero-order valence-electron chi connectivity index (χ0n) is 15.6. The van der Waals surface area contributed by atoms with E-state index in [4.69, 9.17) is 24.4 Å². The van der Waals surface area contributed by atoms with Crippen molar-refractivity contribution in [2.75, 3.05) is 7.05 Å². The molecule has 144 valence electrons. The Hall–Kier alpha value is -2.97. The lowest BCUT2D eigenvalue weighted by molar-refractivity contribution is 0.112. The fourth-order valence-electron chi connectivity index (χ4n) is 2.18. The number of rotatable bonds is 7. The zero-order chi connectivity index (χ0) is 20.4. The highest BCUT2D eigenvalue weighted by molar-refractivity contribution is 7.80. The second kappa shape index (κ2) is 11.0. The maximum absolute atomic E-state index is 11.0. The average molecular weight is 412 g/mol. The fraction of sp³-hybridized carbons (Fsp3) is 0.150. The van der Waals surface area contributed by atoms with Gasteiger partial charge >= 0.3 is 0 Å². The van der Waals surface area contributed by atoms with Crippen LogP contribution in [0.4, 0.5) is 0 Å². The summed E-state index contributed by atoms with van der Waals surface area (Å²) < 4.78 is 0. The van der Waals surface area contributed by atoms with Crippen LogP contribution in [0.25, 0.3) is 0 Å². The second-order valence-corrected chi connectivity index (χ2v) is 6.51. The lowest BCUT2D eigenvalue weighted by atomic mass is 9.99. The number of benzene rings is 2. The lowest BCUT2D eigenvalue weighted by Gasteiger charge is -2.13. The van der Waals surface area contributed by atoms with Gasteiger partial charge in [0.05, 0.1) is 4.99 Å². The van der Waals surface area contributed by atoms with Crippen LogP contribution in [0.3, 0.4) is 0 Å². The van der Waals surface area contributed by atoms with Gasteiger partial charge in [0.15, 0.2) is 5.11 Å². The first-order chi connectivity index (χ1) is 13.6. The summed E-state index contributed by atoms with van der Waals surface area (Å²) in [5.74, 6) is 0. The number of aldehydes is 1. The summed E-state index contributed by atoms with van der Waals surface area (Å²) in [7, 11) is 1.71. The average Bonchev–Trinajstić information content (AvgIpc) is 2.76. The van der Waals surface area contributed by atoms with Crippen LogP contribution in [0, 0.1) is 0 Å². The molecule has 3 N–H and O–H groups in total. The quantitative estimate of drug-likeness (QED) is 0.281. The topological polar surface area (TPSA) is 77.9 Å². The monoisotopic (exact) mass is 411 g/mol. The number of carbonyl (C=O) groups is 1. The van der Waals surface area contributed by atoms with Crippen molar-refractivity contribution in [1.82, 2.24) is 16.2 Å². The van der Waals surface area contributed by atoms with E-state index in [9.17, 15) is 4.79 Å². The van der Waals surface area contributed by atoms with Crippen LogP contribution in [0.5, 0.6) is 0 Å². The van der Waals surface area contributed by atoms with Crippen LogP contribution in [-0.4, -0.2) is 34.9 Å². The molecule has 2 rings (SSSR count). The fourth-order valence-corrected chi connectivity index (χ4v) is 2.28. The van der Waals surface area contributed by atoms with Crippen molar-refractivity contribution < 1.29 is 4.79 Å². The van der Waals surface area contributed by atoms with Gasteiger partial charge in [0, 0.05) is 23.7 Å². The molecule has 0 aromatic heterocycles. The summed E-state index contributed by atoms with van der Waals surface area (Å²) >= 11 is 10.4. The van der Waals surface area contributed by atoms with Gasteiger partial charge in [-0.2, -0.15) is 10.2 Å². The van der Waals surface area contributed by atoms with E-state index in [1.54, 1.807) is 19.2 Å². The Morgan fingerprint density at radius 1 is 0.929 bits per heavy atom. The summed E-state index contributed by atoms with van der Waals surface area (Å²) in [6, 6.07) is 16.7. The number of nitrogens with one attached hydrogen (secondary N) is 3. The predicted molar refractivity (Wildman–Crippen MR) is 122 cm³/mol. The Morgan fingerprint density at radius 2 is 1.50 bits per heavy atom. The maximum Gasteiger partial charge on any atom is 0.186 e. The number of thiocarbonyl (C=S) groups is 2. The first kappa shape index (κ1) is 21.3. The molecule has 2 aromatic rings. The Bertz CT molecular complexity index is 893. The van der Waals surface area contributed by atoms with Gasteiger partial charge in [-0.25, -0.2) is 0 Å². The zero-order valence-corrected chi connectivity index (χ0v) is 17.2. The molecule has 0 atom stereocenters. The van der Waals surface area contributed by atoms with Crippen molar-refractivity contribution in [3.8, 4) is 0 Å². The van der Waals surface area contributed by atoms with Gasteiger partial charge in [-0.1, -0.05) is 73.7 Å². The van der Waals surface area contributed by atoms with Crippen molar-refractivity contribution in [3.05, 3.63) is 71.3 Å². The normalized spacial score (nSPS) is 11.5. The van der Waals surface area contributed by atoms with E-state index in [1.165, 1.54) is 0 Å². The molecule has 0 saturated carbocycles. The lowest BCUT2D eigenvalue weighted by Crippen LogP contribution is -2.32. The highest BCUT2D eigenvalue weighted by Gasteiger charge is 2.16. The van der Waals surface area contributed by atoms with Gasteiger partial charge in [-0.05, 0) is 18.6 Å². The largest absolute Gasteiger partial charge is 0.364 e. The Balaban J connectivity index is 2.57. The Labute approximate surface area is 175 Å². The van der Waals surface area contributed by atoms with Crippen molar-refractivity contribution in [1.29, 1.82) is 0 Å². The van der Waals surface area contributed by atoms with Crippen molar-refractivity contribution in [3.63, 3.8) is 0 Å². The van der Waals surface area contributed by atoms with Crippen molar-refractivity contribution >= 4 is 52.2 Å². The molecule has 0 amide bonds. The highest BCUT2D eigenvalue weighted by Crippen LogP contribution is 2.11. The third kappa shape index (κ3) is 6.04. The molecular weight excluding hydrogens is 390 g/mol. The van der Waals surface area contributed by atoms with Gasteiger partial charge in [-0.3, -0.25) is 15.6 Å². The smallest absolute Gasteiger partial charge is 0.186 e. The van der Waals surface area contributed by atoms with E-state index in [0.717, 1.165) is 17.4 Å². The third-order valence-electron chi connectivity index (χ3n) is 3.70. The molecule has 6 nitrogen and oxygen atoms in total. The minimum atomic E-state index is 0.367. The molecule has 0 spiro atoms. The molecule has 0 saturated heterocycles. The second-order valence-electron chi connectivity index (χ2n) is 5.61. The highest BCUT2D eigenvalue weighted by atomic mass is 32.1. The van der Waals surface area contributed by atoms with Crippen molar-refractivity contribution in [2.24, 2.45) is 10.2 Å². The van der Waals surface area contributed by atoms with Gasteiger partial charge < -0.3 is 5.32 Å². The molecule has 0 unspecified atom stereocenters. The van der Waals surface area contributed by atoms with Crippen LogP contribution in [0.15, 0.2) is 64.8 Å². The number of hydrogen-bond acceptors (Lipinski definition) is 5. The summed E-state index contributed by atoms with van der Waals surface area (Å²) in [5, 5.41) is 12.2. The van der Waals surface area contributed by atoms with E-state index >= 15 is 0 Å². The van der Waals surface area contributed by atoms with Gasteiger partial charge in [-0.15, -0.1) is 0 Å². The number of nitrogens with zero attached hydrogens (tertiary/aromatic N) is 2. The maximum atomic E-state index is 11.0. The van der Waals surface area contributed by atoms with Crippen LogP contribution in [0.1, 0.15) is 34.8 Å². The molecule has 28 heavy (non-hydrogen) atoms. The summed E-state index contributed by atoms with van der Waals surface area (Å²) in [4.78, 5) is 11.6.